The Balaban J connectivity index is -0.00000162. The molecular weight excluding hydrogens is 291 g/mol. The fraction of sp³-hybridized carbons (Fsp3) is 0.769. The van der Waals surface area contributed by atoms with Gasteiger partial charge in [-0.1, -0.05) is 31.8 Å². The molecule has 0 aromatic heterocycles. The Labute approximate surface area is 145 Å². The first kappa shape index (κ1) is 22.4. The molecule has 0 fully saturated rings. The molecule has 1 N–H and O–H groups in total. The van der Waals surface area contributed by atoms with Crippen molar-refractivity contribution in [2.24, 2.45) is 0 Å². The van der Waals surface area contributed by atoms with Gasteiger partial charge in [-0.25, -0.2) is 0 Å². The molecule has 20 heavy (non-hydrogen) atoms. The largest absolute Gasteiger partial charge is 1.00 e. The molecule has 0 amide bonds. The molecule has 5 nitrogen and oxygen atoms in total. The second-order valence-electron chi connectivity index (χ2n) is 4.46. The summed E-state index contributed by atoms with van der Waals surface area (Å²) in [6.45, 7) is 3.38. The fourth-order valence-corrected chi connectivity index (χ4v) is 1.89. The average Bonchev–Trinajstić information content (AvgIpc) is 2.31. The topological polar surface area (TPSA) is 80.7 Å². The summed E-state index contributed by atoms with van der Waals surface area (Å²) in [5, 5.41) is 0. The SMILES string of the molecule is C=CCCCCCCCCC(=O)OCCS(=O)(=O)O.[H-].[Na+]. The van der Waals surface area contributed by atoms with Crippen molar-refractivity contribution in [2.75, 3.05) is 12.4 Å². The van der Waals surface area contributed by atoms with E-state index < -0.39 is 21.8 Å². The van der Waals surface area contributed by atoms with Crippen molar-refractivity contribution in [2.45, 2.75) is 51.4 Å². The zero-order valence-corrected chi connectivity index (χ0v) is 15.2. The Morgan fingerprint density at radius 2 is 1.70 bits per heavy atom. The van der Waals surface area contributed by atoms with Gasteiger partial charge >= 0.3 is 35.5 Å². The summed E-state index contributed by atoms with van der Waals surface area (Å²) in [4.78, 5) is 11.2. The van der Waals surface area contributed by atoms with Crippen LogP contribution in [0.25, 0.3) is 0 Å². The van der Waals surface area contributed by atoms with Crippen LogP contribution in [-0.2, 0) is 19.6 Å². The van der Waals surface area contributed by atoms with Gasteiger partial charge in [-0.05, 0) is 19.3 Å². The molecule has 0 aromatic carbocycles. The summed E-state index contributed by atoms with van der Waals surface area (Å²) in [6.07, 6.45) is 9.61. The van der Waals surface area contributed by atoms with Gasteiger partial charge in [0.15, 0.2) is 0 Å². The van der Waals surface area contributed by atoms with E-state index in [4.69, 9.17) is 4.55 Å². The number of hydrogen-bond donors (Lipinski definition) is 1. The number of allylic oxidation sites excluding steroid dienone is 1. The molecule has 0 saturated carbocycles. The smallest absolute Gasteiger partial charge is 1.00 e. The van der Waals surface area contributed by atoms with E-state index in [1.54, 1.807) is 0 Å². The summed E-state index contributed by atoms with van der Waals surface area (Å²) in [5.41, 5.74) is 0. The van der Waals surface area contributed by atoms with E-state index in [-0.39, 0.29) is 37.6 Å². The number of hydrogen-bond acceptors (Lipinski definition) is 4. The normalized spacial score (nSPS) is 10.7. The van der Waals surface area contributed by atoms with Gasteiger partial charge < -0.3 is 6.16 Å². The molecule has 0 aliphatic rings. The maximum Gasteiger partial charge on any atom is 1.00 e. The number of unbranched alkanes of at least 4 members (excludes halogenated alkanes) is 6. The molecule has 0 spiro atoms. The molecular formula is C13H25NaO5S. The van der Waals surface area contributed by atoms with Crippen molar-refractivity contribution in [1.82, 2.24) is 0 Å². The fourth-order valence-electron chi connectivity index (χ4n) is 1.60. The Kier molecular flexibility index (Phi) is 15.8. The summed E-state index contributed by atoms with van der Waals surface area (Å²) in [7, 11) is -4.04. The van der Waals surface area contributed by atoms with E-state index in [2.05, 4.69) is 11.3 Å². The van der Waals surface area contributed by atoms with Crippen LogP contribution in [0, 0.1) is 0 Å². The number of carbonyl (C=O) groups excluding carboxylic acids is 1. The van der Waals surface area contributed by atoms with Gasteiger partial charge in [-0.15, -0.1) is 6.58 Å². The predicted molar refractivity (Wildman–Crippen MR) is 75.6 cm³/mol. The molecule has 0 bridgehead atoms. The first-order valence-corrected chi connectivity index (χ1v) is 8.28. The third kappa shape index (κ3) is 18.1. The minimum atomic E-state index is -4.04. The molecule has 7 heteroatoms. The van der Waals surface area contributed by atoms with Gasteiger partial charge in [-0.2, -0.15) is 8.42 Å². The Bertz CT molecular complexity index is 360. The summed E-state index contributed by atoms with van der Waals surface area (Å²) in [5.74, 6) is -0.947. The third-order valence-electron chi connectivity index (χ3n) is 2.64. The van der Waals surface area contributed by atoms with Crippen LogP contribution in [0.1, 0.15) is 52.8 Å². The monoisotopic (exact) mass is 316 g/mol. The van der Waals surface area contributed by atoms with E-state index in [1.165, 1.54) is 12.8 Å². The van der Waals surface area contributed by atoms with Crippen molar-refractivity contribution in [1.29, 1.82) is 0 Å². The first-order valence-electron chi connectivity index (χ1n) is 6.67. The average molecular weight is 316 g/mol. The van der Waals surface area contributed by atoms with Gasteiger partial charge in [0.2, 0.25) is 0 Å². The van der Waals surface area contributed by atoms with Crippen LogP contribution >= 0.6 is 0 Å². The van der Waals surface area contributed by atoms with Gasteiger partial charge in [0, 0.05) is 6.42 Å². The van der Waals surface area contributed by atoms with Crippen LogP contribution in [0.4, 0.5) is 0 Å². The van der Waals surface area contributed by atoms with Gasteiger partial charge in [0.1, 0.15) is 12.4 Å². The Hall–Kier alpha value is 0.120. The van der Waals surface area contributed by atoms with E-state index in [0.29, 0.717) is 6.42 Å². The molecule has 0 radical (unpaired) electrons. The zero-order chi connectivity index (χ0) is 14.6. The summed E-state index contributed by atoms with van der Waals surface area (Å²) < 4.78 is 33.9. The first-order chi connectivity index (χ1) is 8.95. The van der Waals surface area contributed by atoms with Crippen molar-refractivity contribution < 1.29 is 53.5 Å². The molecule has 0 atom stereocenters. The minimum Gasteiger partial charge on any atom is -1.00 e. The molecule has 0 unspecified atom stereocenters. The number of esters is 1. The van der Waals surface area contributed by atoms with Crippen LogP contribution < -0.4 is 29.6 Å². The number of ether oxygens (including phenoxy) is 1. The summed E-state index contributed by atoms with van der Waals surface area (Å²) >= 11 is 0. The standard InChI is InChI=1S/C13H24O5S.Na.H/c1-2-3-4-5-6-7-8-9-10-13(14)18-11-12-19(15,16)17;;/h2H,1,3-12H2,(H,15,16,17);;/q;+1;-1. The molecule has 0 aliphatic carbocycles. The van der Waals surface area contributed by atoms with Crippen LogP contribution in [0.15, 0.2) is 12.7 Å². The number of rotatable bonds is 12. The summed E-state index contributed by atoms with van der Waals surface area (Å²) in [6, 6.07) is 0. The molecule has 0 aliphatic heterocycles. The van der Waals surface area contributed by atoms with E-state index in [1.807, 2.05) is 6.08 Å². The second kappa shape index (κ2) is 14.1. The van der Waals surface area contributed by atoms with E-state index in [0.717, 1.165) is 32.1 Å². The second-order valence-corrected chi connectivity index (χ2v) is 6.03. The van der Waals surface area contributed by atoms with Gasteiger partial charge in [-0.3, -0.25) is 9.35 Å². The van der Waals surface area contributed by atoms with Crippen molar-refractivity contribution >= 4 is 16.1 Å². The Morgan fingerprint density at radius 3 is 2.25 bits per heavy atom. The van der Waals surface area contributed by atoms with Crippen molar-refractivity contribution in [3.8, 4) is 0 Å². The minimum absolute atomic E-state index is 0. The van der Waals surface area contributed by atoms with E-state index in [9.17, 15) is 13.2 Å². The molecule has 0 rings (SSSR count). The maximum atomic E-state index is 11.2. The third-order valence-corrected chi connectivity index (χ3v) is 3.33. The van der Waals surface area contributed by atoms with Crippen molar-refractivity contribution in [3.63, 3.8) is 0 Å². The van der Waals surface area contributed by atoms with Crippen LogP contribution in [0.5, 0.6) is 0 Å². The van der Waals surface area contributed by atoms with Crippen LogP contribution in [-0.4, -0.2) is 31.3 Å². The quantitative estimate of drug-likeness (QED) is 0.178. The predicted octanol–water partition coefficient (Wildman–Crippen LogP) is -0.159. The van der Waals surface area contributed by atoms with Crippen molar-refractivity contribution in [3.05, 3.63) is 12.7 Å². The molecule has 0 saturated heterocycles. The zero-order valence-electron chi connectivity index (χ0n) is 13.3. The van der Waals surface area contributed by atoms with Gasteiger partial charge in [0.25, 0.3) is 10.1 Å². The Morgan fingerprint density at radius 1 is 1.15 bits per heavy atom. The number of carbonyl (C=O) groups is 1. The van der Waals surface area contributed by atoms with Gasteiger partial charge in [0.05, 0.1) is 0 Å². The maximum absolute atomic E-state index is 11.2. The molecule has 0 heterocycles. The van der Waals surface area contributed by atoms with E-state index >= 15 is 0 Å². The molecule has 114 valence electrons. The van der Waals surface area contributed by atoms with Crippen LogP contribution in [0.2, 0.25) is 0 Å². The molecule has 0 aromatic rings. The van der Waals surface area contributed by atoms with Crippen LogP contribution in [0.3, 0.4) is 0 Å².